The fraction of sp³-hybridized carbons (Fsp3) is 0.462. The molecule has 0 unspecified atom stereocenters. The van der Waals surface area contributed by atoms with Gasteiger partial charge in [-0.05, 0) is 77.1 Å². The summed E-state index contributed by atoms with van der Waals surface area (Å²) in [4.78, 5) is 12.3. The summed E-state index contributed by atoms with van der Waals surface area (Å²) in [5.74, 6) is -0.553. The molecule has 200 valence electrons. The van der Waals surface area contributed by atoms with Gasteiger partial charge in [0.1, 0.15) is 23.3 Å². The Morgan fingerprint density at radius 1 is 1.14 bits per heavy atom. The van der Waals surface area contributed by atoms with Gasteiger partial charge in [0, 0.05) is 11.9 Å². The maximum absolute atomic E-state index is 16.0. The largest absolute Gasteiger partial charge is 0.491 e. The highest BCUT2D eigenvalue weighted by Gasteiger charge is 2.50. The number of halogens is 2. The van der Waals surface area contributed by atoms with Crippen molar-refractivity contribution in [2.75, 3.05) is 13.1 Å². The third kappa shape index (κ3) is 5.62. The predicted molar refractivity (Wildman–Crippen MR) is 134 cm³/mol. The van der Waals surface area contributed by atoms with Crippen LogP contribution in [0, 0.1) is 5.82 Å². The lowest BCUT2D eigenvalue weighted by Gasteiger charge is -2.22. The second-order valence-electron chi connectivity index (χ2n) is 10.00. The van der Waals surface area contributed by atoms with Crippen LogP contribution in [0.25, 0.3) is 10.9 Å². The van der Waals surface area contributed by atoms with Gasteiger partial charge in [-0.15, -0.1) is 0 Å². The molecule has 0 N–H and O–H groups in total. The van der Waals surface area contributed by atoms with Crippen LogP contribution in [0.15, 0.2) is 47.4 Å². The number of esters is 1. The summed E-state index contributed by atoms with van der Waals surface area (Å²) in [6, 6.07) is 8.83. The lowest BCUT2D eigenvalue weighted by molar-refractivity contribution is -0.146. The van der Waals surface area contributed by atoms with Crippen molar-refractivity contribution in [1.29, 1.82) is 0 Å². The van der Waals surface area contributed by atoms with E-state index in [1.807, 2.05) is 13.8 Å². The molecule has 4 rings (SSSR count). The number of alkyl halides is 1. The first-order valence-electron chi connectivity index (χ1n) is 12.1. The zero-order valence-electron chi connectivity index (χ0n) is 21.4. The molecule has 0 amide bonds. The summed E-state index contributed by atoms with van der Waals surface area (Å²) < 4.78 is 70.0. The minimum Gasteiger partial charge on any atom is -0.491 e. The van der Waals surface area contributed by atoms with Crippen molar-refractivity contribution in [3.05, 3.63) is 54.0 Å². The number of benzene rings is 2. The highest BCUT2D eigenvalue weighted by molar-refractivity contribution is 7.89. The number of hydrogen-bond donors (Lipinski definition) is 0. The number of ether oxygens (including phenoxy) is 2. The van der Waals surface area contributed by atoms with E-state index in [4.69, 9.17) is 9.47 Å². The van der Waals surface area contributed by atoms with E-state index in [2.05, 4.69) is 5.10 Å². The molecule has 2 atom stereocenters. The van der Waals surface area contributed by atoms with Gasteiger partial charge in [0.25, 0.3) is 0 Å². The summed E-state index contributed by atoms with van der Waals surface area (Å²) in [5, 5.41) is 4.93. The summed E-state index contributed by atoms with van der Waals surface area (Å²) in [6.07, 6.45) is -0.581. The maximum Gasteiger partial charge on any atom is 0.312 e. The van der Waals surface area contributed by atoms with Crippen LogP contribution in [0.5, 0.6) is 5.75 Å². The number of carbonyl (C=O) groups excluding carboxylic acids is 1. The number of rotatable bonds is 8. The lowest BCUT2D eigenvalue weighted by atomic mass is 10.0. The summed E-state index contributed by atoms with van der Waals surface area (Å²) >= 11 is 0. The Hall–Kier alpha value is -3.05. The van der Waals surface area contributed by atoms with Crippen molar-refractivity contribution in [2.24, 2.45) is 0 Å². The van der Waals surface area contributed by atoms with Crippen molar-refractivity contribution in [3.63, 3.8) is 0 Å². The Labute approximate surface area is 215 Å². The Kier molecular flexibility index (Phi) is 7.31. The maximum atomic E-state index is 16.0. The molecule has 0 radical (unpaired) electrons. The Morgan fingerprint density at radius 3 is 2.43 bits per heavy atom. The molecule has 1 aromatic heterocycles. The van der Waals surface area contributed by atoms with Gasteiger partial charge >= 0.3 is 5.97 Å². The summed E-state index contributed by atoms with van der Waals surface area (Å²) in [7, 11) is -4.03. The molecule has 1 saturated heterocycles. The molecule has 3 aromatic rings. The van der Waals surface area contributed by atoms with Gasteiger partial charge in [-0.1, -0.05) is 0 Å². The number of carbonyl (C=O) groups is 1. The van der Waals surface area contributed by atoms with Crippen molar-refractivity contribution in [1.82, 2.24) is 14.1 Å². The normalized spacial score (nSPS) is 20.7. The van der Waals surface area contributed by atoms with Crippen molar-refractivity contribution in [2.45, 2.75) is 69.9 Å². The number of nitrogens with zero attached hydrogens (tertiary/aromatic N) is 3. The van der Waals surface area contributed by atoms with Gasteiger partial charge < -0.3 is 9.47 Å². The second-order valence-corrected chi connectivity index (χ2v) is 11.9. The highest BCUT2D eigenvalue weighted by Crippen LogP contribution is 2.40. The quantitative estimate of drug-likeness (QED) is 0.397. The fourth-order valence-corrected chi connectivity index (χ4v) is 6.05. The molecule has 8 nitrogen and oxygen atoms in total. The molecule has 2 heterocycles. The minimum absolute atomic E-state index is 0.00791. The molecule has 0 saturated carbocycles. The molecule has 0 aliphatic carbocycles. The Bertz CT molecular complexity index is 1400. The summed E-state index contributed by atoms with van der Waals surface area (Å²) in [6.45, 7) is 7.83. The van der Waals surface area contributed by atoms with E-state index in [1.165, 1.54) is 41.9 Å². The van der Waals surface area contributed by atoms with Crippen LogP contribution in [0.3, 0.4) is 0 Å². The molecule has 37 heavy (non-hydrogen) atoms. The second kappa shape index (κ2) is 10.0. The third-order valence-corrected chi connectivity index (χ3v) is 7.94. The average Bonchev–Trinajstić information content (AvgIpc) is 3.29. The number of aromatic nitrogens is 2. The Balaban J connectivity index is 1.67. The van der Waals surface area contributed by atoms with Crippen molar-refractivity contribution < 1.29 is 31.5 Å². The van der Waals surface area contributed by atoms with Crippen LogP contribution < -0.4 is 4.74 Å². The molecular formula is C26H31F2N3O5S. The van der Waals surface area contributed by atoms with Crippen molar-refractivity contribution in [3.8, 4) is 5.75 Å². The summed E-state index contributed by atoms with van der Waals surface area (Å²) in [5.41, 5.74) is -1.44. The first-order valence-corrected chi connectivity index (χ1v) is 13.5. The number of fused-ring (bicyclic) bond motifs is 1. The molecule has 0 spiro atoms. The van der Waals surface area contributed by atoms with E-state index in [9.17, 15) is 17.6 Å². The molecular weight excluding hydrogens is 504 g/mol. The van der Waals surface area contributed by atoms with Crippen molar-refractivity contribution >= 4 is 26.9 Å². The van der Waals surface area contributed by atoms with E-state index in [0.29, 0.717) is 16.8 Å². The number of hydrogen-bond acceptors (Lipinski definition) is 6. The topological polar surface area (TPSA) is 90.7 Å². The van der Waals surface area contributed by atoms with Crippen LogP contribution in [-0.4, -0.2) is 59.4 Å². The fourth-order valence-electron chi connectivity index (χ4n) is 4.51. The van der Waals surface area contributed by atoms with E-state index >= 15 is 4.39 Å². The zero-order chi connectivity index (χ0) is 27.1. The lowest BCUT2D eigenvalue weighted by Crippen LogP contribution is -2.33. The zero-order valence-corrected chi connectivity index (χ0v) is 22.3. The SMILES string of the molecule is CC(C)OC(=O)Cc1nn([C@H]2CN(S(=O)(=O)c3ccc(OC(C)C)cc3)C[C@]2(C)F)c2cc(F)ccc12. The van der Waals surface area contributed by atoms with E-state index in [1.54, 1.807) is 26.0 Å². The predicted octanol–water partition coefficient (Wildman–Crippen LogP) is 4.43. The van der Waals surface area contributed by atoms with Gasteiger partial charge in [-0.3, -0.25) is 9.48 Å². The average molecular weight is 536 g/mol. The molecule has 2 aromatic carbocycles. The molecule has 1 aliphatic heterocycles. The van der Waals surface area contributed by atoms with Crippen LogP contribution in [0.2, 0.25) is 0 Å². The van der Waals surface area contributed by atoms with Gasteiger partial charge in [0.15, 0.2) is 0 Å². The first kappa shape index (κ1) is 27.0. The van der Waals surface area contributed by atoms with Crippen LogP contribution in [0.1, 0.15) is 46.4 Å². The third-order valence-electron chi connectivity index (χ3n) is 6.11. The van der Waals surface area contributed by atoms with Crippen LogP contribution in [-0.2, 0) is 26.0 Å². The first-order chi connectivity index (χ1) is 17.3. The molecule has 1 fully saturated rings. The van der Waals surface area contributed by atoms with Crippen LogP contribution >= 0.6 is 0 Å². The van der Waals surface area contributed by atoms with Crippen LogP contribution in [0.4, 0.5) is 8.78 Å². The van der Waals surface area contributed by atoms with E-state index in [-0.39, 0.29) is 35.6 Å². The monoisotopic (exact) mass is 535 g/mol. The Morgan fingerprint density at radius 2 is 1.81 bits per heavy atom. The van der Waals surface area contributed by atoms with E-state index < -0.39 is 40.1 Å². The molecule has 1 aliphatic rings. The minimum atomic E-state index is -4.03. The number of sulfonamides is 1. The van der Waals surface area contributed by atoms with Gasteiger partial charge in [-0.2, -0.15) is 9.40 Å². The van der Waals surface area contributed by atoms with Gasteiger partial charge in [-0.25, -0.2) is 17.2 Å². The molecule has 11 heteroatoms. The smallest absolute Gasteiger partial charge is 0.312 e. The standard InChI is InChI=1S/C26H31F2N3O5S/c1-16(2)35-19-7-9-20(10-8-19)37(33,34)30-14-24(26(5,28)15-30)31-23-12-18(27)6-11-21(23)22(29-31)13-25(32)36-17(3)4/h6-12,16-17,24H,13-15H2,1-5H3/t24-,26-/m0/s1. The van der Waals surface area contributed by atoms with Gasteiger partial charge in [0.2, 0.25) is 10.0 Å². The molecule has 0 bridgehead atoms. The van der Waals surface area contributed by atoms with E-state index in [0.717, 1.165) is 4.31 Å². The van der Waals surface area contributed by atoms with Gasteiger partial charge in [0.05, 0.1) is 41.3 Å². The highest BCUT2D eigenvalue weighted by atomic mass is 32.2.